The van der Waals surface area contributed by atoms with Crippen molar-refractivity contribution in [3.63, 3.8) is 0 Å². The van der Waals surface area contributed by atoms with Crippen LogP contribution in [0.5, 0.6) is 0 Å². The van der Waals surface area contributed by atoms with Crippen molar-refractivity contribution in [3.05, 3.63) is 224 Å². The van der Waals surface area contributed by atoms with E-state index >= 15 is 0 Å². The van der Waals surface area contributed by atoms with Gasteiger partial charge in [0, 0.05) is 33.4 Å². The maximum Gasteiger partial charge on any atom is 0.143 e. The van der Waals surface area contributed by atoms with Crippen LogP contribution >= 0.6 is 0 Å². The first kappa shape index (κ1) is 34.1. The van der Waals surface area contributed by atoms with Crippen LogP contribution in [-0.2, 0) is 0 Å². The van der Waals surface area contributed by atoms with Gasteiger partial charge in [0.1, 0.15) is 11.2 Å². The zero-order valence-corrected chi connectivity index (χ0v) is 31.6. The molecular formula is C55H39NO. The number of aryl methyl sites for hydroxylation is 1. The highest BCUT2D eigenvalue weighted by molar-refractivity contribution is 6.09. The molecule has 0 aliphatic carbocycles. The Hall–Kier alpha value is -7.42. The molecule has 0 fully saturated rings. The van der Waals surface area contributed by atoms with Crippen molar-refractivity contribution in [1.82, 2.24) is 0 Å². The van der Waals surface area contributed by atoms with Gasteiger partial charge in [0.15, 0.2) is 0 Å². The molecule has 57 heavy (non-hydrogen) atoms. The highest BCUT2D eigenvalue weighted by Gasteiger charge is 2.16. The molecular weight excluding hydrogens is 691 g/mol. The molecule has 0 aliphatic heterocycles. The van der Waals surface area contributed by atoms with E-state index in [1.54, 1.807) is 0 Å². The fourth-order valence-electron chi connectivity index (χ4n) is 7.95. The van der Waals surface area contributed by atoms with Crippen molar-refractivity contribution >= 4 is 39.0 Å². The normalized spacial score (nSPS) is 11.2. The van der Waals surface area contributed by atoms with Crippen LogP contribution in [0.15, 0.2) is 223 Å². The fourth-order valence-corrected chi connectivity index (χ4v) is 7.95. The van der Waals surface area contributed by atoms with Crippen molar-refractivity contribution in [2.24, 2.45) is 0 Å². The predicted molar refractivity (Wildman–Crippen MR) is 240 cm³/mol. The SMILES string of the molecule is Cc1ccc(-c2ccc(N(c3ccc(-c4cc(-c5ccccc5)cc(-c5ccccc5)c4)cc3)c3ccc(-c4cccc5c4oc4ccccc45)cc3)cc2)cc1. The Morgan fingerprint density at radius 1 is 0.316 bits per heavy atom. The van der Waals surface area contributed by atoms with Gasteiger partial charge in [-0.3, -0.25) is 0 Å². The number of anilines is 3. The third kappa shape index (κ3) is 6.68. The van der Waals surface area contributed by atoms with Crippen molar-refractivity contribution < 1.29 is 4.42 Å². The highest BCUT2D eigenvalue weighted by Crippen LogP contribution is 2.41. The Balaban J connectivity index is 1.05. The minimum absolute atomic E-state index is 0.906. The van der Waals surface area contributed by atoms with Crippen LogP contribution < -0.4 is 4.90 Å². The molecule has 0 amide bonds. The van der Waals surface area contributed by atoms with Crippen LogP contribution in [-0.4, -0.2) is 0 Å². The van der Waals surface area contributed by atoms with Crippen LogP contribution in [0.3, 0.4) is 0 Å². The summed E-state index contributed by atoms with van der Waals surface area (Å²) in [5, 5.41) is 2.27. The summed E-state index contributed by atoms with van der Waals surface area (Å²) in [5.41, 5.74) is 18.1. The van der Waals surface area contributed by atoms with E-state index < -0.39 is 0 Å². The lowest BCUT2D eigenvalue weighted by Crippen LogP contribution is -2.09. The molecule has 1 heterocycles. The molecule has 0 atom stereocenters. The van der Waals surface area contributed by atoms with Gasteiger partial charge in [0.2, 0.25) is 0 Å². The fraction of sp³-hybridized carbons (Fsp3) is 0.0182. The topological polar surface area (TPSA) is 16.4 Å². The summed E-state index contributed by atoms with van der Waals surface area (Å²) < 4.78 is 6.41. The Bertz CT molecular complexity index is 2900. The number of nitrogens with zero attached hydrogens (tertiary/aromatic N) is 1. The van der Waals surface area contributed by atoms with Gasteiger partial charge in [-0.1, -0.05) is 163 Å². The first-order chi connectivity index (χ1) is 28.1. The average molecular weight is 730 g/mol. The summed E-state index contributed by atoms with van der Waals surface area (Å²) >= 11 is 0. The van der Waals surface area contributed by atoms with Crippen LogP contribution in [0.4, 0.5) is 17.1 Å². The molecule has 270 valence electrons. The Morgan fingerprint density at radius 2 is 0.719 bits per heavy atom. The molecule has 0 N–H and O–H groups in total. The van der Waals surface area contributed by atoms with Crippen molar-refractivity contribution in [2.75, 3.05) is 4.90 Å². The molecule has 0 saturated carbocycles. The van der Waals surface area contributed by atoms with E-state index in [1.165, 1.54) is 44.5 Å². The number of para-hydroxylation sites is 2. The third-order valence-corrected chi connectivity index (χ3v) is 11.0. The summed E-state index contributed by atoms with van der Waals surface area (Å²) in [5.74, 6) is 0. The molecule has 10 aromatic rings. The molecule has 10 rings (SSSR count). The zero-order chi connectivity index (χ0) is 38.1. The first-order valence-corrected chi connectivity index (χ1v) is 19.5. The molecule has 0 bridgehead atoms. The number of furan rings is 1. The molecule has 0 radical (unpaired) electrons. The predicted octanol–water partition coefficient (Wildman–Crippen LogP) is 15.7. The second-order valence-corrected chi connectivity index (χ2v) is 14.7. The lowest BCUT2D eigenvalue weighted by atomic mass is 9.93. The molecule has 9 aromatic carbocycles. The summed E-state index contributed by atoms with van der Waals surface area (Å²) in [4.78, 5) is 2.34. The van der Waals surface area contributed by atoms with E-state index in [4.69, 9.17) is 4.42 Å². The minimum Gasteiger partial charge on any atom is -0.455 e. The van der Waals surface area contributed by atoms with E-state index in [9.17, 15) is 0 Å². The maximum absolute atomic E-state index is 6.41. The lowest BCUT2D eigenvalue weighted by molar-refractivity contribution is 0.670. The van der Waals surface area contributed by atoms with Gasteiger partial charge in [0.25, 0.3) is 0 Å². The zero-order valence-electron chi connectivity index (χ0n) is 31.6. The Kier molecular flexibility index (Phi) is 8.78. The summed E-state index contributed by atoms with van der Waals surface area (Å²) in [6.45, 7) is 2.13. The average Bonchev–Trinajstić information content (AvgIpc) is 3.67. The van der Waals surface area contributed by atoms with E-state index in [2.05, 4.69) is 218 Å². The molecule has 2 nitrogen and oxygen atoms in total. The van der Waals surface area contributed by atoms with Crippen LogP contribution in [0.2, 0.25) is 0 Å². The lowest BCUT2D eigenvalue weighted by Gasteiger charge is -2.26. The summed E-state index contributed by atoms with van der Waals surface area (Å²) in [7, 11) is 0. The Morgan fingerprint density at radius 3 is 1.25 bits per heavy atom. The van der Waals surface area contributed by atoms with Crippen molar-refractivity contribution in [1.29, 1.82) is 0 Å². The van der Waals surface area contributed by atoms with E-state index in [-0.39, 0.29) is 0 Å². The van der Waals surface area contributed by atoms with E-state index in [1.807, 2.05) is 12.1 Å². The van der Waals surface area contributed by atoms with Crippen LogP contribution in [0.1, 0.15) is 5.56 Å². The summed E-state index contributed by atoms with van der Waals surface area (Å²) in [6, 6.07) is 78.3. The quantitative estimate of drug-likeness (QED) is 0.155. The van der Waals surface area contributed by atoms with Gasteiger partial charge in [-0.2, -0.15) is 0 Å². The summed E-state index contributed by atoms with van der Waals surface area (Å²) in [6.07, 6.45) is 0. The molecule has 0 aliphatic rings. The van der Waals surface area contributed by atoms with Gasteiger partial charge >= 0.3 is 0 Å². The van der Waals surface area contributed by atoms with E-state index in [0.29, 0.717) is 0 Å². The first-order valence-electron chi connectivity index (χ1n) is 19.5. The molecule has 1 aromatic heterocycles. The standard InChI is InChI=1S/C55H39NO/c1-38-19-21-41(22-20-38)42-23-29-48(30-24-42)56(50-33-27-44(28-34-50)51-16-10-17-53-52-15-8-9-18-54(52)57-55(51)53)49-31-25-43(26-32-49)47-36-45(39-11-4-2-5-12-39)35-46(37-47)40-13-6-3-7-14-40/h2-37H,1H3. The van der Waals surface area contributed by atoms with Gasteiger partial charge in [-0.25, -0.2) is 0 Å². The molecule has 0 spiro atoms. The second kappa shape index (κ2) is 14.7. The number of rotatable bonds is 8. The van der Waals surface area contributed by atoms with Crippen LogP contribution in [0.25, 0.3) is 77.6 Å². The number of hydrogen-bond acceptors (Lipinski definition) is 2. The molecule has 2 heteroatoms. The molecule has 0 unspecified atom stereocenters. The van der Waals surface area contributed by atoms with Gasteiger partial charge in [-0.05, 0) is 118 Å². The maximum atomic E-state index is 6.41. The monoisotopic (exact) mass is 729 g/mol. The van der Waals surface area contributed by atoms with Gasteiger partial charge in [0.05, 0.1) is 0 Å². The smallest absolute Gasteiger partial charge is 0.143 e. The third-order valence-electron chi connectivity index (χ3n) is 11.0. The minimum atomic E-state index is 0.906. The van der Waals surface area contributed by atoms with Crippen molar-refractivity contribution in [2.45, 2.75) is 6.92 Å². The van der Waals surface area contributed by atoms with Gasteiger partial charge < -0.3 is 9.32 Å². The number of benzene rings is 9. The highest BCUT2D eigenvalue weighted by atomic mass is 16.3. The van der Waals surface area contributed by atoms with Crippen LogP contribution in [0, 0.1) is 6.92 Å². The van der Waals surface area contributed by atoms with Crippen molar-refractivity contribution in [3.8, 4) is 55.6 Å². The van der Waals surface area contributed by atoms with Gasteiger partial charge in [-0.15, -0.1) is 0 Å². The second-order valence-electron chi connectivity index (χ2n) is 14.7. The Labute approximate surface area is 333 Å². The largest absolute Gasteiger partial charge is 0.455 e. The molecule has 0 saturated heterocycles. The van der Waals surface area contributed by atoms with E-state index in [0.717, 1.165) is 55.7 Å². The number of fused-ring (bicyclic) bond motifs is 3. The number of hydrogen-bond donors (Lipinski definition) is 0.